The minimum Gasteiger partial charge on any atom is -0.497 e. The van der Waals surface area contributed by atoms with E-state index in [2.05, 4.69) is 24.0 Å². The zero-order chi connectivity index (χ0) is 13.8. The normalized spacial score (nSPS) is 24.1. The van der Waals surface area contributed by atoms with Gasteiger partial charge in [0.05, 0.1) is 13.0 Å². The highest BCUT2D eigenvalue weighted by Gasteiger charge is 2.29. The number of rotatable bonds is 4. The first-order valence-electron chi connectivity index (χ1n) is 6.70. The van der Waals surface area contributed by atoms with Gasteiger partial charge in [0, 0.05) is 12.6 Å². The van der Waals surface area contributed by atoms with Crippen LogP contribution in [0.5, 0.6) is 5.75 Å². The van der Waals surface area contributed by atoms with Gasteiger partial charge in [-0.15, -0.1) is 0 Å². The van der Waals surface area contributed by atoms with Crippen LogP contribution >= 0.6 is 0 Å². The van der Waals surface area contributed by atoms with Crippen molar-refractivity contribution in [2.45, 2.75) is 32.4 Å². The van der Waals surface area contributed by atoms with E-state index in [0.29, 0.717) is 6.04 Å². The monoisotopic (exact) mass is 263 g/mol. The maximum absolute atomic E-state index is 11.0. The van der Waals surface area contributed by atoms with Gasteiger partial charge in [-0.2, -0.15) is 0 Å². The fourth-order valence-corrected chi connectivity index (χ4v) is 2.65. The number of nitrogens with zero attached hydrogens (tertiary/aromatic N) is 1. The molecule has 1 N–H and O–H groups in total. The molecule has 19 heavy (non-hydrogen) atoms. The molecule has 0 saturated carbocycles. The van der Waals surface area contributed by atoms with Crippen LogP contribution in [-0.2, 0) is 11.3 Å². The van der Waals surface area contributed by atoms with Crippen molar-refractivity contribution in [3.05, 3.63) is 29.8 Å². The number of aliphatic carboxylic acids is 1. The first-order chi connectivity index (χ1) is 9.10. The Morgan fingerprint density at radius 1 is 1.42 bits per heavy atom. The van der Waals surface area contributed by atoms with Crippen molar-refractivity contribution in [2.24, 2.45) is 5.92 Å². The lowest BCUT2D eigenvalue weighted by molar-refractivity contribution is -0.144. The summed E-state index contributed by atoms with van der Waals surface area (Å²) in [5.41, 5.74) is 1.24. The number of hydrogen-bond donors (Lipinski definition) is 1. The minimum absolute atomic E-state index is 0.179. The van der Waals surface area contributed by atoms with Crippen molar-refractivity contribution < 1.29 is 14.6 Å². The van der Waals surface area contributed by atoms with Crippen LogP contribution in [0.1, 0.15) is 25.3 Å². The van der Waals surface area contributed by atoms with Crippen molar-refractivity contribution in [3.63, 3.8) is 0 Å². The lowest BCUT2D eigenvalue weighted by Crippen LogP contribution is -2.42. The minimum atomic E-state index is -0.657. The Bertz CT molecular complexity index is 430. The van der Waals surface area contributed by atoms with Crippen LogP contribution in [0.15, 0.2) is 24.3 Å². The highest BCUT2D eigenvalue weighted by atomic mass is 16.5. The SMILES string of the molecule is COc1ccc(CN2CC[C@@H](C(=O)O)C[C@H]2C)cc1. The van der Waals surface area contributed by atoms with E-state index in [4.69, 9.17) is 9.84 Å². The van der Waals surface area contributed by atoms with Gasteiger partial charge in [-0.25, -0.2) is 0 Å². The summed E-state index contributed by atoms with van der Waals surface area (Å²) >= 11 is 0. The van der Waals surface area contributed by atoms with Crippen LogP contribution in [-0.4, -0.2) is 35.7 Å². The molecule has 1 heterocycles. The number of carbonyl (C=O) groups is 1. The van der Waals surface area contributed by atoms with Gasteiger partial charge in [0.25, 0.3) is 0 Å². The average Bonchev–Trinajstić information content (AvgIpc) is 2.41. The number of likely N-dealkylation sites (tertiary alicyclic amines) is 1. The molecular formula is C15H21NO3. The first-order valence-corrected chi connectivity index (χ1v) is 6.70. The quantitative estimate of drug-likeness (QED) is 0.906. The van der Waals surface area contributed by atoms with E-state index in [0.717, 1.165) is 31.7 Å². The van der Waals surface area contributed by atoms with E-state index in [1.54, 1.807) is 7.11 Å². The van der Waals surface area contributed by atoms with Crippen LogP contribution in [0.3, 0.4) is 0 Å². The molecule has 1 aromatic carbocycles. The zero-order valence-corrected chi connectivity index (χ0v) is 11.5. The second-order valence-corrected chi connectivity index (χ2v) is 5.23. The van der Waals surface area contributed by atoms with Crippen LogP contribution < -0.4 is 4.74 Å². The Kier molecular flexibility index (Phi) is 4.43. The molecule has 0 amide bonds. The van der Waals surface area contributed by atoms with E-state index in [-0.39, 0.29) is 5.92 Å². The molecule has 1 saturated heterocycles. The molecule has 0 unspecified atom stereocenters. The predicted octanol–water partition coefficient (Wildman–Crippen LogP) is 2.38. The van der Waals surface area contributed by atoms with Crippen LogP contribution in [0.25, 0.3) is 0 Å². The second kappa shape index (κ2) is 6.06. The fraction of sp³-hybridized carbons (Fsp3) is 0.533. The number of hydrogen-bond acceptors (Lipinski definition) is 3. The lowest BCUT2D eigenvalue weighted by Gasteiger charge is -2.36. The standard InChI is InChI=1S/C15H21NO3/c1-11-9-13(15(17)18)7-8-16(11)10-12-3-5-14(19-2)6-4-12/h3-6,11,13H,7-10H2,1-2H3,(H,17,18)/t11-,13-/m1/s1. The van der Waals surface area contributed by atoms with Gasteiger partial charge >= 0.3 is 5.97 Å². The van der Waals surface area contributed by atoms with Gasteiger partial charge in [-0.3, -0.25) is 9.69 Å². The molecule has 4 heteroatoms. The maximum Gasteiger partial charge on any atom is 0.306 e. The molecule has 2 atom stereocenters. The van der Waals surface area contributed by atoms with E-state index in [9.17, 15) is 4.79 Å². The number of benzene rings is 1. The molecule has 4 nitrogen and oxygen atoms in total. The number of ether oxygens (including phenoxy) is 1. The maximum atomic E-state index is 11.0. The van der Waals surface area contributed by atoms with E-state index in [1.165, 1.54) is 5.56 Å². The summed E-state index contributed by atoms with van der Waals surface area (Å²) < 4.78 is 5.14. The van der Waals surface area contributed by atoms with E-state index >= 15 is 0 Å². The Labute approximate surface area is 114 Å². The topological polar surface area (TPSA) is 49.8 Å². The van der Waals surface area contributed by atoms with Gasteiger partial charge in [-0.05, 0) is 44.0 Å². The Balaban J connectivity index is 1.94. The second-order valence-electron chi connectivity index (χ2n) is 5.23. The van der Waals surface area contributed by atoms with Crippen molar-refractivity contribution in [1.29, 1.82) is 0 Å². The largest absolute Gasteiger partial charge is 0.497 e. The summed E-state index contributed by atoms with van der Waals surface area (Å²) in [7, 11) is 1.66. The summed E-state index contributed by atoms with van der Waals surface area (Å²) in [5, 5.41) is 9.06. The number of piperidine rings is 1. The van der Waals surface area contributed by atoms with Crippen LogP contribution in [0.4, 0.5) is 0 Å². The van der Waals surface area contributed by atoms with Crippen LogP contribution in [0.2, 0.25) is 0 Å². The van der Waals surface area contributed by atoms with E-state index in [1.807, 2.05) is 12.1 Å². The molecule has 104 valence electrons. The Hall–Kier alpha value is -1.55. The van der Waals surface area contributed by atoms with Crippen molar-refractivity contribution >= 4 is 5.97 Å². The first kappa shape index (κ1) is 13.9. The summed E-state index contributed by atoms with van der Waals surface area (Å²) in [6.07, 6.45) is 1.49. The third kappa shape index (κ3) is 3.47. The Morgan fingerprint density at radius 2 is 2.11 bits per heavy atom. The highest BCUT2D eigenvalue weighted by Crippen LogP contribution is 2.25. The molecule has 1 aliphatic heterocycles. The third-order valence-electron chi connectivity index (χ3n) is 3.91. The van der Waals surface area contributed by atoms with Gasteiger partial charge in [0.15, 0.2) is 0 Å². The van der Waals surface area contributed by atoms with Crippen LogP contribution in [0, 0.1) is 5.92 Å². The summed E-state index contributed by atoms with van der Waals surface area (Å²) in [6, 6.07) is 8.37. The van der Waals surface area contributed by atoms with Crippen molar-refractivity contribution in [3.8, 4) is 5.75 Å². The molecule has 1 aromatic rings. The zero-order valence-electron chi connectivity index (χ0n) is 11.5. The molecule has 0 spiro atoms. The van der Waals surface area contributed by atoms with E-state index < -0.39 is 5.97 Å². The van der Waals surface area contributed by atoms with Crippen molar-refractivity contribution in [1.82, 2.24) is 4.90 Å². The van der Waals surface area contributed by atoms with Gasteiger partial charge in [-0.1, -0.05) is 12.1 Å². The fourth-order valence-electron chi connectivity index (χ4n) is 2.65. The molecule has 0 aliphatic carbocycles. The molecule has 1 aliphatic rings. The molecule has 0 radical (unpaired) electrons. The number of carboxylic acid groups (broad SMARTS) is 1. The molecule has 1 fully saturated rings. The number of methoxy groups -OCH3 is 1. The Morgan fingerprint density at radius 3 is 2.63 bits per heavy atom. The van der Waals surface area contributed by atoms with Crippen molar-refractivity contribution in [2.75, 3.05) is 13.7 Å². The highest BCUT2D eigenvalue weighted by molar-refractivity contribution is 5.70. The molecular weight excluding hydrogens is 242 g/mol. The average molecular weight is 263 g/mol. The lowest BCUT2D eigenvalue weighted by atomic mass is 9.91. The number of carboxylic acids is 1. The summed E-state index contributed by atoms with van der Waals surface area (Å²) in [6.45, 7) is 3.83. The van der Waals surface area contributed by atoms with Gasteiger partial charge < -0.3 is 9.84 Å². The molecule has 0 bridgehead atoms. The molecule has 0 aromatic heterocycles. The van der Waals surface area contributed by atoms with Gasteiger partial charge in [0.2, 0.25) is 0 Å². The predicted molar refractivity (Wildman–Crippen MR) is 73.2 cm³/mol. The van der Waals surface area contributed by atoms with Gasteiger partial charge in [0.1, 0.15) is 5.75 Å². The third-order valence-corrected chi connectivity index (χ3v) is 3.91. The summed E-state index contributed by atoms with van der Waals surface area (Å²) in [5.74, 6) is 0.0273. The smallest absolute Gasteiger partial charge is 0.306 e. The summed E-state index contributed by atoms with van der Waals surface area (Å²) in [4.78, 5) is 13.4. The molecule has 2 rings (SSSR count).